The van der Waals surface area contributed by atoms with Crippen molar-refractivity contribution in [3.05, 3.63) is 48.1 Å². The summed E-state index contributed by atoms with van der Waals surface area (Å²) >= 11 is 0. The third-order valence-corrected chi connectivity index (χ3v) is 2.99. The average molecular weight is 309 g/mol. The Labute approximate surface area is 130 Å². The lowest BCUT2D eigenvalue weighted by Gasteiger charge is -2.02. The molecule has 9 heteroatoms. The minimum absolute atomic E-state index is 0.190. The maximum atomic E-state index is 9.08. The van der Waals surface area contributed by atoms with Gasteiger partial charge in [0.25, 0.3) is 0 Å². The summed E-state index contributed by atoms with van der Waals surface area (Å²) in [6.07, 6.45) is 1.50. The molecule has 0 unspecified atom stereocenters. The van der Waals surface area contributed by atoms with Crippen LogP contribution in [-0.4, -0.2) is 30.9 Å². The largest absolute Gasteiger partial charge is 0.388 e. The Bertz CT molecular complexity index is 844. The van der Waals surface area contributed by atoms with Crippen molar-refractivity contribution in [2.24, 2.45) is 0 Å². The lowest BCUT2D eigenvalue weighted by molar-refractivity contribution is 0.229. The van der Waals surface area contributed by atoms with Gasteiger partial charge in [0, 0.05) is 23.5 Å². The van der Waals surface area contributed by atoms with Gasteiger partial charge in [-0.1, -0.05) is 17.3 Å². The van der Waals surface area contributed by atoms with Crippen molar-refractivity contribution in [3.63, 3.8) is 0 Å². The third-order valence-electron chi connectivity index (χ3n) is 2.99. The van der Waals surface area contributed by atoms with Crippen molar-refractivity contribution in [2.75, 3.05) is 5.32 Å². The fraction of sp³-hybridized carbons (Fsp3) is 0.0714. The van der Waals surface area contributed by atoms with Gasteiger partial charge in [0.05, 0.1) is 0 Å². The summed E-state index contributed by atoms with van der Waals surface area (Å²) in [6.45, 7) is -0.190. The molecule has 3 rings (SSSR count). The molecule has 0 saturated heterocycles. The highest BCUT2D eigenvalue weighted by atomic mass is 16.5. The quantitative estimate of drug-likeness (QED) is 0.600. The summed E-state index contributed by atoms with van der Waals surface area (Å²) in [6, 6.07) is 11.0. The first-order valence-corrected chi connectivity index (χ1v) is 6.57. The van der Waals surface area contributed by atoms with Crippen LogP contribution in [0.15, 0.2) is 41.1 Å². The molecule has 9 nitrogen and oxygen atoms in total. The average Bonchev–Trinajstić information content (AvgIpc) is 3.28. The van der Waals surface area contributed by atoms with Gasteiger partial charge in [-0.15, -0.1) is 10.2 Å². The minimum atomic E-state index is -0.190. The second-order valence-electron chi connectivity index (χ2n) is 4.46. The van der Waals surface area contributed by atoms with E-state index in [1.54, 1.807) is 6.07 Å². The summed E-state index contributed by atoms with van der Waals surface area (Å²) in [4.78, 5) is 0. The number of aromatic amines is 1. The van der Waals surface area contributed by atoms with Crippen molar-refractivity contribution in [1.29, 1.82) is 5.26 Å². The number of H-pyrrole nitrogens is 1. The maximum Gasteiger partial charge on any atom is 0.216 e. The van der Waals surface area contributed by atoms with Crippen LogP contribution < -0.4 is 5.32 Å². The number of aromatic nitrogens is 5. The van der Waals surface area contributed by atoms with E-state index in [0.717, 1.165) is 11.3 Å². The number of nitrogens with one attached hydrogen (secondary N) is 2. The van der Waals surface area contributed by atoms with Crippen LogP contribution in [0, 0.1) is 11.3 Å². The van der Waals surface area contributed by atoms with E-state index in [4.69, 9.17) is 14.9 Å². The van der Waals surface area contributed by atoms with Crippen molar-refractivity contribution < 1.29 is 9.63 Å². The molecule has 0 aliphatic heterocycles. The molecule has 0 amide bonds. The number of allylic oxidation sites excluding steroid dienone is 1. The van der Waals surface area contributed by atoms with Crippen LogP contribution in [0.1, 0.15) is 11.6 Å². The Morgan fingerprint density at radius 1 is 1.39 bits per heavy atom. The summed E-state index contributed by atoms with van der Waals surface area (Å²) in [5, 5.41) is 38.1. The summed E-state index contributed by atoms with van der Waals surface area (Å²) in [5.41, 5.74) is 2.52. The molecule has 0 aliphatic rings. The van der Waals surface area contributed by atoms with Crippen molar-refractivity contribution >= 4 is 11.3 Å². The number of aliphatic hydroxyl groups is 1. The molecule has 0 spiro atoms. The Morgan fingerprint density at radius 3 is 2.83 bits per heavy atom. The lowest BCUT2D eigenvalue weighted by Crippen LogP contribution is -1.93. The van der Waals surface area contributed by atoms with E-state index >= 15 is 0 Å². The van der Waals surface area contributed by atoms with E-state index in [-0.39, 0.29) is 18.0 Å². The van der Waals surface area contributed by atoms with E-state index in [1.165, 1.54) is 6.20 Å². The molecular weight excluding hydrogens is 298 g/mol. The van der Waals surface area contributed by atoms with Gasteiger partial charge in [-0.05, 0) is 17.3 Å². The number of nitrogens with zero attached hydrogens (tertiary/aromatic N) is 5. The van der Waals surface area contributed by atoms with Gasteiger partial charge in [-0.25, -0.2) is 0 Å². The molecule has 0 atom stereocenters. The molecule has 2 aromatic heterocycles. The molecule has 0 saturated carbocycles. The Balaban J connectivity index is 1.74. The zero-order valence-corrected chi connectivity index (χ0v) is 11.8. The van der Waals surface area contributed by atoms with Gasteiger partial charge in [0.1, 0.15) is 23.9 Å². The molecule has 114 valence electrons. The molecule has 0 aliphatic carbocycles. The Morgan fingerprint density at radius 2 is 2.22 bits per heavy atom. The van der Waals surface area contributed by atoms with E-state index in [1.807, 2.05) is 30.3 Å². The number of benzene rings is 1. The van der Waals surface area contributed by atoms with Crippen molar-refractivity contribution in [3.8, 4) is 17.3 Å². The second-order valence-corrected chi connectivity index (χ2v) is 4.46. The van der Waals surface area contributed by atoms with Gasteiger partial charge in [-0.3, -0.25) is 0 Å². The van der Waals surface area contributed by atoms with Gasteiger partial charge in [-0.2, -0.15) is 10.5 Å². The van der Waals surface area contributed by atoms with Crippen LogP contribution in [0.2, 0.25) is 0 Å². The van der Waals surface area contributed by atoms with Crippen LogP contribution >= 0.6 is 0 Å². The predicted molar refractivity (Wildman–Crippen MR) is 79.3 cm³/mol. The molecule has 1 aromatic carbocycles. The smallest absolute Gasteiger partial charge is 0.216 e. The Hall–Kier alpha value is -3.51. The summed E-state index contributed by atoms with van der Waals surface area (Å²) in [5.74, 6) is 0.625. The standard InChI is InChI=1S/C14H11N7O2/c15-6-10(14-17-20-21-18-14)7-16-11-3-1-9(2-4-11)13-5-12(8-22)23-19-13/h1-5,7,16,22H,8H2,(H,17,18,20,21). The first-order chi connectivity index (χ1) is 11.3. The highest BCUT2D eigenvalue weighted by Crippen LogP contribution is 2.21. The van der Waals surface area contributed by atoms with E-state index in [0.29, 0.717) is 11.5 Å². The summed E-state index contributed by atoms with van der Waals surface area (Å²) < 4.78 is 4.95. The third kappa shape index (κ3) is 3.22. The monoisotopic (exact) mass is 309 g/mol. The van der Waals surface area contributed by atoms with E-state index < -0.39 is 0 Å². The molecular formula is C14H11N7O2. The fourth-order valence-electron chi connectivity index (χ4n) is 1.84. The van der Waals surface area contributed by atoms with Gasteiger partial charge in [0.15, 0.2) is 5.76 Å². The first kappa shape index (κ1) is 14.4. The second kappa shape index (κ2) is 6.50. The molecule has 0 radical (unpaired) electrons. The maximum absolute atomic E-state index is 9.08. The zero-order valence-electron chi connectivity index (χ0n) is 11.8. The molecule has 0 bridgehead atoms. The minimum Gasteiger partial charge on any atom is -0.388 e. The Kier molecular flexibility index (Phi) is 4.08. The molecule has 0 fully saturated rings. The number of hydrogen-bond donors (Lipinski definition) is 3. The number of rotatable bonds is 5. The van der Waals surface area contributed by atoms with Gasteiger partial charge < -0.3 is 14.9 Å². The fourth-order valence-corrected chi connectivity index (χ4v) is 1.84. The van der Waals surface area contributed by atoms with Crippen LogP contribution in [-0.2, 0) is 6.61 Å². The first-order valence-electron chi connectivity index (χ1n) is 6.57. The van der Waals surface area contributed by atoms with Crippen LogP contribution in [0.3, 0.4) is 0 Å². The molecule has 2 heterocycles. The SMILES string of the molecule is N#CC(=CNc1ccc(-c2cc(CO)on2)cc1)c1nn[nH]n1. The van der Waals surface area contributed by atoms with Crippen molar-refractivity contribution in [2.45, 2.75) is 6.61 Å². The van der Waals surface area contributed by atoms with E-state index in [2.05, 4.69) is 31.1 Å². The molecule has 3 aromatic rings. The highest BCUT2D eigenvalue weighted by Gasteiger charge is 2.07. The van der Waals surface area contributed by atoms with Crippen LogP contribution in [0.4, 0.5) is 5.69 Å². The van der Waals surface area contributed by atoms with Crippen LogP contribution in [0.25, 0.3) is 16.8 Å². The topological polar surface area (TPSA) is 137 Å². The number of anilines is 1. The van der Waals surface area contributed by atoms with Crippen LogP contribution in [0.5, 0.6) is 0 Å². The molecule has 23 heavy (non-hydrogen) atoms. The number of aliphatic hydroxyl groups excluding tert-OH is 1. The number of hydrogen-bond acceptors (Lipinski definition) is 8. The van der Waals surface area contributed by atoms with E-state index in [9.17, 15) is 0 Å². The number of nitriles is 1. The zero-order chi connectivity index (χ0) is 16.1. The predicted octanol–water partition coefficient (Wildman–Crippen LogP) is 1.32. The van der Waals surface area contributed by atoms with Crippen molar-refractivity contribution in [1.82, 2.24) is 25.8 Å². The normalized spacial score (nSPS) is 11.2. The lowest BCUT2D eigenvalue weighted by atomic mass is 10.1. The van der Waals surface area contributed by atoms with Gasteiger partial charge >= 0.3 is 0 Å². The number of tetrazole rings is 1. The molecule has 3 N–H and O–H groups in total. The van der Waals surface area contributed by atoms with Gasteiger partial charge in [0.2, 0.25) is 5.82 Å². The highest BCUT2D eigenvalue weighted by molar-refractivity contribution is 5.74. The summed E-state index contributed by atoms with van der Waals surface area (Å²) in [7, 11) is 0.